The molecule has 0 radical (unpaired) electrons. The van der Waals surface area contributed by atoms with Crippen LogP contribution in [0.15, 0.2) is 18.3 Å². The van der Waals surface area contributed by atoms with Crippen molar-refractivity contribution in [2.75, 3.05) is 6.54 Å². The molecule has 0 aromatic carbocycles. The Hall–Kier alpha value is -1.76. The molecule has 0 fully saturated rings. The molecule has 1 heterocycles. The van der Waals surface area contributed by atoms with Crippen molar-refractivity contribution in [3.63, 3.8) is 0 Å². The van der Waals surface area contributed by atoms with Crippen LogP contribution in [0.3, 0.4) is 0 Å². The molecule has 4 heteroatoms. The van der Waals surface area contributed by atoms with E-state index in [0.29, 0.717) is 12.2 Å². The van der Waals surface area contributed by atoms with E-state index in [0.717, 1.165) is 0 Å². The van der Waals surface area contributed by atoms with Gasteiger partial charge in [-0.05, 0) is 26.0 Å². The predicted octanol–water partition coefficient (Wildman–Crippen LogP) is 1.06. The molecular weight excluding hydrogens is 178 g/mol. The zero-order valence-corrected chi connectivity index (χ0v) is 8.32. The minimum Gasteiger partial charge on any atom is -0.355 e. The molecule has 74 valence electrons. The highest BCUT2D eigenvalue weighted by molar-refractivity contribution is 5.80. The van der Waals surface area contributed by atoms with Crippen LogP contribution in [0.5, 0.6) is 0 Å². The maximum absolute atomic E-state index is 11.5. The van der Waals surface area contributed by atoms with Crippen LogP contribution in [0.4, 0.5) is 0 Å². The van der Waals surface area contributed by atoms with Gasteiger partial charge < -0.3 is 9.88 Å². The van der Waals surface area contributed by atoms with Gasteiger partial charge in [0, 0.05) is 12.7 Å². The first-order chi connectivity index (χ1) is 6.70. The number of likely N-dealkylation sites (N-methyl/N-ethyl adjacent to an activating group) is 1. The molecule has 1 unspecified atom stereocenters. The van der Waals surface area contributed by atoms with E-state index in [1.807, 2.05) is 13.0 Å². The number of rotatable bonds is 3. The molecule has 0 bridgehead atoms. The average molecular weight is 191 g/mol. The molecule has 14 heavy (non-hydrogen) atoms. The number of carbonyl (C=O) groups excluding carboxylic acids is 1. The lowest BCUT2D eigenvalue weighted by Crippen LogP contribution is -2.30. The molecule has 0 saturated carbocycles. The van der Waals surface area contributed by atoms with Crippen LogP contribution in [0.1, 0.15) is 25.6 Å². The number of nitriles is 1. The molecule has 4 nitrogen and oxygen atoms in total. The van der Waals surface area contributed by atoms with Crippen LogP contribution in [0, 0.1) is 11.3 Å². The number of nitrogens with zero attached hydrogens (tertiary/aromatic N) is 2. The molecule has 0 aliphatic carbocycles. The summed E-state index contributed by atoms with van der Waals surface area (Å²) >= 11 is 0. The molecule has 0 saturated heterocycles. The zero-order valence-electron chi connectivity index (χ0n) is 8.32. The third kappa shape index (κ3) is 1.94. The van der Waals surface area contributed by atoms with Gasteiger partial charge in [-0.25, -0.2) is 0 Å². The van der Waals surface area contributed by atoms with Gasteiger partial charge in [0.25, 0.3) is 0 Å². The fraction of sp³-hybridized carbons (Fsp3) is 0.400. The Morgan fingerprint density at radius 2 is 2.50 bits per heavy atom. The van der Waals surface area contributed by atoms with Gasteiger partial charge in [0.2, 0.25) is 5.91 Å². The van der Waals surface area contributed by atoms with E-state index in [1.54, 1.807) is 29.8 Å². The molecule has 1 atom stereocenters. The highest BCUT2D eigenvalue weighted by Gasteiger charge is 2.15. The van der Waals surface area contributed by atoms with Crippen LogP contribution < -0.4 is 5.32 Å². The highest BCUT2D eigenvalue weighted by atomic mass is 16.2. The summed E-state index contributed by atoms with van der Waals surface area (Å²) in [6.07, 6.45) is 1.73. The topological polar surface area (TPSA) is 57.8 Å². The van der Waals surface area contributed by atoms with Gasteiger partial charge >= 0.3 is 0 Å². The second kappa shape index (κ2) is 4.47. The summed E-state index contributed by atoms with van der Waals surface area (Å²) in [6, 6.07) is 5.15. The molecule has 1 aromatic heterocycles. The Bertz CT molecular complexity index is 362. The first kappa shape index (κ1) is 10.3. The lowest BCUT2D eigenvalue weighted by Gasteiger charge is -2.13. The van der Waals surface area contributed by atoms with E-state index < -0.39 is 0 Å². The number of amides is 1. The Morgan fingerprint density at radius 3 is 3.07 bits per heavy atom. The molecule has 1 N–H and O–H groups in total. The van der Waals surface area contributed by atoms with Gasteiger partial charge in [-0.2, -0.15) is 5.26 Å². The summed E-state index contributed by atoms with van der Waals surface area (Å²) in [5.74, 6) is -0.0693. The average Bonchev–Trinajstić information content (AvgIpc) is 2.64. The number of nitrogens with one attached hydrogen (secondary N) is 1. The van der Waals surface area contributed by atoms with Gasteiger partial charge in [-0.15, -0.1) is 0 Å². The van der Waals surface area contributed by atoms with E-state index in [1.165, 1.54) is 0 Å². The Labute approximate surface area is 83.1 Å². The molecule has 0 aliphatic heterocycles. The summed E-state index contributed by atoms with van der Waals surface area (Å²) in [4.78, 5) is 11.5. The molecule has 0 spiro atoms. The van der Waals surface area contributed by atoms with Crippen molar-refractivity contribution >= 4 is 5.91 Å². The van der Waals surface area contributed by atoms with E-state index in [4.69, 9.17) is 5.26 Å². The maximum Gasteiger partial charge on any atom is 0.242 e. The van der Waals surface area contributed by atoms with Crippen molar-refractivity contribution in [1.29, 1.82) is 5.26 Å². The molecular formula is C10H13N3O. The van der Waals surface area contributed by atoms with Crippen LogP contribution in [0.25, 0.3) is 0 Å². The van der Waals surface area contributed by atoms with Crippen molar-refractivity contribution in [1.82, 2.24) is 9.88 Å². The van der Waals surface area contributed by atoms with Gasteiger partial charge in [-0.3, -0.25) is 4.79 Å². The SMILES string of the molecule is CCNC(=O)C(C)n1cccc1C#N. The smallest absolute Gasteiger partial charge is 0.242 e. The summed E-state index contributed by atoms with van der Waals surface area (Å²) in [5.41, 5.74) is 0.503. The monoisotopic (exact) mass is 191 g/mol. The maximum atomic E-state index is 11.5. The Balaban J connectivity index is 2.84. The van der Waals surface area contributed by atoms with Crippen LogP contribution in [0.2, 0.25) is 0 Å². The van der Waals surface area contributed by atoms with Crippen molar-refractivity contribution in [2.24, 2.45) is 0 Å². The van der Waals surface area contributed by atoms with Crippen molar-refractivity contribution < 1.29 is 4.79 Å². The number of aromatic nitrogens is 1. The summed E-state index contributed by atoms with van der Waals surface area (Å²) in [7, 11) is 0. The van der Waals surface area contributed by atoms with E-state index in [2.05, 4.69) is 5.32 Å². The van der Waals surface area contributed by atoms with Crippen molar-refractivity contribution in [3.8, 4) is 6.07 Å². The lowest BCUT2D eigenvalue weighted by molar-refractivity contribution is -0.123. The Kier molecular flexibility index (Phi) is 3.29. The van der Waals surface area contributed by atoms with Crippen LogP contribution >= 0.6 is 0 Å². The second-order valence-corrected chi connectivity index (χ2v) is 2.98. The van der Waals surface area contributed by atoms with Crippen LogP contribution in [-0.2, 0) is 4.79 Å². The summed E-state index contributed by atoms with van der Waals surface area (Å²) in [5, 5.41) is 11.5. The number of hydrogen-bond donors (Lipinski definition) is 1. The minimum absolute atomic E-state index is 0.0693. The van der Waals surface area contributed by atoms with Crippen LogP contribution in [-0.4, -0.2) is 17.0 Å². The lowest BCUT2D eigenvalue weighted by atomic mass is 10.3. The highest BCUT2D eigenvalue weighted by Crippen LogP contribution is 2.10. The molecule has 0 aliphatic rings. The third-order valence-corrected chi connectivity index (χ3v) is 2.04. The first-order valence-corrected chi connectivity index (χ1v) is 4.55. The van der Waals surface area contributed by atoms with Crippen molar-refractivity contribution in [3.05, 3.63) is 24.0 Å². The largest absolute Gasteiger partial charge is 0.355 e. The molecule has 1 rings (SSSR count). The first-order valence-electron chi connectivity index (χ1n) is 4.55. The predicted molar refractivity (Wildman–Crippen MR) is 52.5 cm³/mol. The van der Waals surface area contributed by atoms with Gasteiger partial charge in [0.15, 0.2) is 0 Å². The van der Waals surface area contributed by atoms with Gasteiger partial charge in [-0.1, -0.05) is 0 Å². The van der Waals surface area contributed by atoms with Gasteiger partial charge in [0.05, 0.1) is 0 Å². The number of carbonyl (C=O) groups is 1. The summed E-state index contributed by atoms with van der Waals surface area (Å²) in [6.45, 7) is 4.24. The standard InChI is InChI=1S/C10H13N3O/c1-3-12-10(14)8(2)13-6-4-5-9(13)7-11/h4-6,8H,3H2,1-2H3,(H,12,14). The molecule has 1 aromatic rings. The molecule has 1 amide bonds. The van der Waals surface area contributed by atoms with Crippen molar-refractivity contribution in [2.45, 2.75) is 19.9 Å². The third-order valence-electron chi connectivity index (χ3n) is 2.04. The van der Waals surface area contributed by atoms with Gasteiger partial charge in [0.1, 0.15) is 17.8 Å². The zero-order chi connectivity index (χ0) is 10.6. The fourth-order valence-electron chi connectivity index (χ4n) is 1.27. The Morgan fingerprint density at radius 1 is 1.79 bits per heavy atom. The quantitative estimate of drug-likeness (QED) is 0.776. The van der Waals surface area contributed by atoms with E-state index in [9.17, 15) is 4.79 Å². The number of hydrogen-bond acceptors (Lipinski definition) is 2. The summed E-state index contributed by atoms with van der Waals surface area (Å²) < 4.78 is 1.66. The second-order valence-electron chi connectivity index (χ2n) is 2.98. The fourth-order valence-corrected chi connectivity index (χ4v) is 1.27. The van der Waals surface area contributed by atoms with E-state index >= 15 is 0 Å². The minimum atomic E-state index is -0.334. The van der Waals surface area contributed by atoms with E-state index in [-0.39, 0.29) is 11.9 Å². The normalized spacial score (nSPS) is 11.8.